The van der Waals surface area contributed by atoms with Crippen molar-refractivity contribution in [1.29, 1.82) is 0 Å². The zero-order valence-electron chi connectivity index (χ0n) is 13.9. The van der Waals surface area contributed by atoms with E-state index in [4.69, 9.17) is 4.74 Å². The molecule has 2 aliphatic rings. The van der Waals surface area contributed by atoms with Gasteiger partial charge < -0.3 is 14.5 Å². The van der Waals surface area contributed by atoms with Crippen LogP contribution in [-0.2, 0) is 4.74 Å². The first kappa shape index (κ1) is 16.5. The molecule has 126 valence electrons. The molecule has 2 aliphatic heterocycles. The van der Waals surface area contributed by atoms with E-state index in [0.717, 1.165) is 49.4 Å². The van der Waals surface area contributed by atoms with Gasteiger partial charge in [-0.3, -0.25) is 0 Å². The zero-order chi connectivity index (χ0) is 16.7. The molecule has 0 bridgehead atoms. The van der Waals surface area contributed by atoms with Gasteiger partial charge in [-0.25, -0.2) is 14.8 Å². The maximum absolute atomic E-state index is 12.1. The fourth-order valence-corrected chi connectivity index (χ4v) is 3.42. The number of rotatable bonds is 1. The summed E-state index contributed by atoms with van der Waals surface area (Å²) in [5.41, 5.74) is -0.167. The van der Waals surface area contributed by atoms with E-state index in [-0.39, 0.29) is 11.5 Å². The number of halogens is 1. The molecule has 0 aromatic carbocycles. The van der Waals surface area contributed by atoms with E-state index in [2.05, 4.69) is 30.8 Å². The lowest BCUT2D eigenvalue weighted by Crippen LogP contribution is -2.62. The van der Waals surface area contributed by atoms with Gasteiger partial charge in [0.05, 0.1) is 12.4 Å². The highest BCUT2D eigenvalue weighted by molar-refractivity contribution is 9.10. The zero-order valence-corrected chi connectivity index (χ0v) is 15.5. The molecule has 7 heteroatoms. The Bertz CT molecular complexity index is 569. The summed E-state index contributed by atoms with van der Waals surface area (Å²) in [5, 5.41) is 0. The van der Waals surface area contributed by atoms with Gasteiger partial charge in [0.2, 0.25) is 0 Å². The minimum atomic E-state index is -0.427. The second kappa shape index (κ2) is 5.92. The van der Waals surface area contributed by atoms with Crippen molar-refractivity contribution in [3.05, 3.63) is 17.0 Å². The van der Waals surface area contributed by atoms with Gasteiger partial charge in [-0.15, -0.1) is 0 Å². The first-order valence-electron chi connectivity index (χ1n) is 7.97. The van der Waals surface area contributed by atoms with E-state index in [9.17, 15) is 4.79 Å². The number of carbonyl (C=O) groups is 1. The minimum absolute atomic E-state index is 0.190. The summed E-state index contributed by atoms with van der Waals surface area (Å²) in [7, 11) is 0. The predicted molar refractivity (Wildman–Crippen MR) is 91.4 cm³/mol. The second-order valence-corrected chi connectivity index (χ2v) is 8.33. The molecule has 2 fully saturated rings. The molecule has 0 aliphatic carbocycles. The van der Waals surface area contributed by atoms with Crippen molar-refractivity contribution in [3.63, 3.8) is 0 Å². The summed E-state index contributed by atoms with van der Waals surface area (Å²) in [6.07, 6.45) is 5.49. The third-order valence-corrected chi connectivity index (χ3v) is 4.87. The van der Waals surface area contributed by atoms with Gasteiger partial charge in [0.25, 0.3) is 0 Å². The van der Waals surface area contributed by atoms with Crippen molar-refractivity contribution in [3.8, 4) is 0 Å². The molecule has 3 heterocycles. The number of hydrogen-bond acceptors (Lipinski definition) is 5. The van der Waals surface area contributed by atoms with E-state index >= 15 is 0 Å². The second-order valence-electron chi connectivity index (χ2n) is 7.52. The van der Waals surface area contributed by atoms with Crippen LogP contribution in [0.15, 0.2) is 17.0 Å². The number of piperidine rings is 1. The van der Waals surface area contributed by atoms with Crippen LogP contribution in [0.25, 0.3) is 0 Å². The summed E-state index contributed by atoms with van der Waals surface area (Å²) < 4.78 is 6.18. The Hall–Kier alpha value is -1.37. The summed E-state index contributed by atoms with van der Waals surface area (Å²) in [6.45, 7) is 9.23. The summed E-state index contributed by atoms with van der Waals surface area (Å²) in [5.74, 6) is 0.923. The van der Waals surface area contributed by atoms with Crippen molar-refractivity contribution in [1.82, 2.24) is 14.9 Å². The van der Waals surface area contributed by atoms with Crippen LogP contribution in [0.1, 0.15) is 33.6 Å². The van der Waals surface area contributed by atoms with Crippen molar-refractivity contribution >= 4 is 27.8 Å². The lowest BCUT2D eigenvalue weighted by atomic mass is 9.72. The molecule has 0 unspecified atom stereocenters. The fraction of sp³-hybridized carbons (Fsp3) is 0.688. The minimum Gasteiger partial charge on any atom is -0.444 e. The van der Waals surface area contributed by atoms with Crippen LogP contribution in [-0.4, -0.2) is 52.7 Å². The molecular weight excluding hydrogens is 360 g/mol. The van der Waals surface area contributed by atoms with Crippen molar-refractivity contribution in [2.45, 2.75) is 39.2 Å². The molecule has 1 aromatic heterocycles. The van der Waals surface area contributed by atoms with Crippen LogP contribution in [0, 0.1) is 5.41 Å². The fourth-order valence-electron chi connectivity index (χ4n) is 3.21. The smallest absolute Gasteiger partial charge is 0.410 e. The third kappa shape index (κ3) is 3.76. The van der Waals surface area contributed by atoms with Crippen LogP contribution in [0.5, 0.6) is 0 Å². The molecule has 2 saturated heterocycles. The van der Waals surface area contributed by atoms with Gasteiger partial charge in [0.15, 0.2) is 0 Å². The van der Waals surface area contributed by atoms with Gasteiger partial charge >= 0.3 is 6.09 Å². The third-order valence-electron chi connectivity index (χ3n) is 4.46. The molecule has 0 N–H and O–H groups in total. The normalized spacial score (nSPS) is 20.3. The maximum atomic E-state index is 12.1. The Morgan fingerprint density at radius 1 is 1.22 bits per heavy atom. The molecular formula is C16H23BrN4O2. The number of hydrogen-bond donors (Lipinski definition) is 0. The van der Waals surface area contributed by atoms with Crippen molar-refractivity contribution < 1.29 is 9.53 Å². The highest BCUT2D eigenvalue weighted by Crippen LogP contribution is 2.41. The number of ether oxygens (including phenoxy) is 1. The van der Waals surface area contributed by atoms with Crippen LogP contribution in [0.2, 0.25) is 0 Å². The van der Waals surface area contributed by atoms with Gasteiger partial charge in [-0.1, -0.05) is 0 Å². The van der Waals surface area contributed by atoms with Crippen LogP contribution >= 0.6 is 15.9 Å². The molecule has 1 aromatic rings. The Morgan fingerprint density at radius 2 is 1.87 bits per heavy atom. The average Bonchev–Trinajstić information content (AvgIpc) is 2.44. The van der Waals surface area contributed by atoms with E-state index in [0.29, 0.717) is 0 Å². The number of carbonyl (C=O) groups excluding carboxylic acids is 1. The van der Waals surface area contributed by atoms with E-state index in [1.165, 1.54) is 0 Å². The number of amides is 1. The maximum Gasteiger partial charge on any atom is 0.410 e. The molecule has 0 radical (unpaired) electrons. The molecule has 6 nitrogen and oxygen atoms in total. The first-order chi connectivity index (χ1) is 10.8. The van der Waals surface area contributed by atoms with Gasteiger partial charge in [0, 0.05) is 31.6 Å². The number of anilines is 1. The van der Waals surface area contributed by atoms with Crippen LogP contribution in [0.4, 0.5) is 10.6 Å². The topological polar surface area (TPSA) is 58.6 Å². The van der Waals surface area contributed by atoms with Gasteiger partial charge in [-0.05, 0) is 49.5 Å². The number of likely N-dealkylation sites (tertiary alicyclic amines) is 1. The van der Waals surface area contributed by atoms with Crippen molar-refractivity contribution in [2.75, 3.05) is 31.1 Å². The Morgan fingerprint density at radius 3 is 2.39 bits per heavy atom. The van der Waals surface area contributed by atoms with Crippen LogP contribution < -0.4 is 4.90 Å². The monoisotopic (exact) mass is 382 g/mol. The van der Waals surface area contributed by atoms with Crippen molar-refractivity contribution in [2.24, 2.45) is 5.41 Å². The van der Waals surface area contributed by atoms with Gasteiger partial charge in [-0.2, -0.15) is 0 Å². The quantitative estimate of drug-likeness (QED) is 0.746. The molecule has 0 saturated carbocycles. The summed E-state index contributed by atoms with van der Waals surface area (Å²) in [6, 6.07) is 0. The highest BCUT2D eigenvalue weighted by Gasteiger charge is 2.47. The first-order valence-corrected chi connectivity index (χ1v) is 8.76. The lowest BCUT2D eigenvalue weighted by molar-refractivity contribution is -0.0434. The summed E-state index contributed by atoms with van der Waals surface area (Å²) in [4.78, 5) is 24.8. The molecule has 1 spiro atoms. The van der Waals surface area contributed by atoms with E-state index in [1.807, 2.05) is 25.7 Å². The van der Waals surface area contributed by atoms with E-state index < -0.39 is 5.60 Å². The lowest BCUT2D eigenvalue weighted by Gasteiger charge is -2.53. The molecule has 23 heavy (non-hydrogen) atoms. The van der Waals surface area contributed by atoms with Gasteiger partial charge in [0.1, 0.15) is 16.0 Å². The SMILES string of the molecule is CC(C)(C)OC(=O)N1CC2(CCN(c3cnc(Br)cn3)CC2)C1. The summed E-state index contributed by atoms with van der Waals surface area (Å²) >= 11 is 3.31. The average molecular weight is 383 g/mol. The number of nitrogens with zero attached hydrogens (tertiary/aromatic N) is 4. The largest absolute Gasteiger partial charge is 0.444 e. The molecule has 3 rings (SSSR count). The highest BCUT2D eigenvalue weighted by atomic mass is 79.9. The van der Waals surface area contributed by atoms with E-state index in [1.54, 1.807) is 12.4 Å². The standard InChI is InChI=1S/C16H23BrN4O2/c1-15(2,3)23-14(22)21-10-16(11-21)4-6-20(7-5-16)13-9-18-12(17)8-19-13/h8-9H,4-7,10-11H2,1-3H3. The molecule has 0 atom stereocenters. The number of aromatic nitrogens is 2. The Labute approximate surface area is 145 Å². The Kier molecular flexibility index (Phi) is 4.25. The Balaban J connectivity index is 1.51. The van der Waals surface area contributed by atoms with Crippen LogP contribution in [0.3, 0.4) is 0 Å². The molecule has 1 amide bonds. The predicted octanol–water partition coefficient (Wildman–Crippen LogP) is 3.08.